The van der Waals surface area contributed by atoms with E-state index in [1.165, 1.54) is 7.11 Å². The topological polar surface area (TPSA) is 75.7 Å². The third-order valence-corrected chi connectivity index (χ3v) is 5.03. The summed E-state index contributed by atoms with van der Waals surface area (Å²) in [6.07, 6.45) is 2.41. The molecule has 0 spiro atoms. The molecule has 0 aromatic heterocycles. The molecule has 3 rings (SSSR count). The predicted octanol–water partition coefficient (Wildman–Crippen LogP) is 3.05. The van der Waals surface area contributed by atoms with Crippen LogP contribution in [0.25, 0.3) is 6.08 Å². The van der Waals surface area contributed by atoms with Crippen molar-refractivity contribution in [2.45, 2.75) is 0 Å². The van der Waals surface area contributed by atoms with E-state index in [-0.39, 0.29) is 4.32 Å². The fourth-order valence-corrected chi connectivity index (χ4v) is 3.47. The summed E-state index contributed by atoms with van der Waals surface area (Å²) in [7, 11) is 1.54. The second-order valence-corrected chi connectivity index (χ2v) is 7.15. The molecule has 2 aromatic rings. The van der Waals surface area contributed by atoms with Gasteiger partial charge in [0.1, 0.15) is 12.0 Å². The number of thiocarbonyl (C=S) groups is 1. The Hall–Kier alpha value is -2.97. The molecule has 0 unspecified atom stereocenters. The van der Waals surface area contributed by atoms with E-state index in [9.17, 15) is 14.4 Å². The van der Waals surface area contributed by atoms with E-state index in [0.29, 0.717) is 21.8 Å². The summed E-state index contributed by atoms with van der Waals surface area (Å²) in [6.45, 7) is 0. The highest BCUT2D eigenvalue weighted by atomic mass is 32.2. The number of amides is 2. The zero-order valence-electron chi connectivity index (χ0n) is 14.2. The van der Waals surface area contributed by atoms with Crippen molar-refractivity contribution in [1.82, 2.24) is 10.4 Å². The van der Waals surface area contributed by atoms with Crippen LogP contribution in [0.2, 0.25) is 0 Å². The second kappa shape index (κ2) is 8.15. The number of nitrogens with one attached hydrogen (secondary N) is 1. The van der Waals surface area contributed by atoms with Crippen LogP contribution in [-0.4, -0.2) is 34.5 Å². The molecular weight excluding hydrogens is 384 g/mol. The smallest absolute Gasteiger partial charge is 0.285 e. The molecule has 2 amide bonds. The highest BCUT2D eigenvalue weighted by Gasteiger charge is 2.33. The molecule has 1 fully saturated rings. The Labute approximate surface area is 165 Å². The number of hydrazine groups is 1. The van der Waals surface area contributed by atoms with E-state index >= 15 is 0 Å². The largest absolute Gasteiger partial charge is 0.497 e. The van der Waals surface area contributed by atoms with Crippen LogP contribution in [0.1, 0.15) is 26.3 Å². The lowest BCUT2D eigenvalue weighted by Crippen LogP contribution is -2.44. The van der Waals surface area contributed by atoms with Gasteiger partial charge in [0.15, 0.2) is 4.32 Å². The number of aldehydes is 1. The number of carbonyl (C=O) groups is 3. The number of rotatable bonds is 5. The van der Waals surface area contributed by atoms with E-state index in [4.69, 9.17) is 17.0 Å². The Morgan fingerprint density at radius 1 is 1.11 bits per heavy atom. The maximum Gasteiger partial charge on any atom is 0.285 e. The first-order chi connectivity index (χ1) is 13.0. The number of nitrogens with zero attached hydrogens (tertiary/aromatic N) is 1. The van der Waals surface area contributed by atoms with Gasteiger partial charge >= 0.3 is 0 Å². The van der Waals surface area contributed by atoms with Crippen molar-refractivity contribution >= 4 is 52.5 Å². The quantitative estimate of drug-likeness (QED) is 0.474. The number of hydrogen-bond donors (Lipinski definition) is 1. The monoisotopic (exact) mass is 398 g/mol. The lowest BCUT2D eigenvalue weighted by Gasteiger charge is -2.15. The molecule has 0 aliphatic carbocycles. The van der Waals surface area contributed by atoms with Crippen LogP contribution in [0.15, 0.2) is 53.4 Å². The number of thioether (sulfide) groups is 1. The maximum atomic E-state index is 12.6. The molecule has 1 aliphatic rings. The third kappa shape index (κ3) is 4.24. The molecule has 6 nitrogen and oxygen atoms in total. The van der Waals surface area contributed by atoms with Crippen molar-refractivity contribution in [3.63, 3.8) is 0 Å². The minimum absolute atomic E-state index is 0.234. The van der Waals surface area contributed by atoms with Gasteiger partial charge < -0.3 is 4.74 Å². The Morgan fingerprint density at radius 2 is 1.74 bits per heavy atom. The minimum Gasteiger partial charge on any atom is -0.497 e. The Morgan fingerprint density at radius 3 is 2.33 bits per heavy atom. The van der Waals surface area contributed by atoms with E-state index in [2.05, 4.69) is 5.43 Å². The molecular formula is C19H14N2O4S2. The third-order valence-electron chi connectivity index (χ3n) is 3.73. The first-order valence-corrected chi connectivity index (χ1v) is 9.02. The second-order valence-electron chi connectivity index (χ2n) is 5.47. The summed E-state index contributed by atoms with van der Waals surface area (Å²) in [4.78, 5) is 36.0. The van der Waals surface area contributed by atoms with Crippen molar-refractivity contribution in [3.05, 3.63) is 70.1 Å². The molecule has 1 aliphatic heterocycles. The summed E-state index contributed by atoms with van der Waals surface area (Å²) in [6, 6.07) is 13.3. The van der Waals surface area contributed by atoms with Crippen molar-refractivity contribution in [1.29, 1.82) is 0 Å². The van der Waals surface area contributed by atoms with Gasteiger partial charge in [-0.15, -0.1) is 0 Å². The van der Waals surface area contributed by atoms with Crippen LogP contribution in [0.4, 0.5) is 0 Å². The van der Waals surface area contributed by atoms with E-state index < -0.39 is 11.8 Å². The van der Waals surface area contributed by atoms with Gasteiger partial charge in [0.25, 0.3) is 11.8 Å². The lowest BCUT2D eigenvalue weighted by molar-refractivity contribution is -0.123. The SMILES string of the molecule is COc1ccc(C(=O)NN2C(=O)/C(=C/c3ccc(C=O)cc3)SC2=S)cc1. The van der Waals surface area contributed by atoms with Crippen LogP contribution >= 0.6 is 24.0 Å². The zero-order chi connectivity index (χ0) is 19.4. The summed E-state index contributed by atoms with van der Waals surface area (Å²) in [5.41, 5.74) is 4.19. The summed E-state index contributed by atoms with van der Waals surface area (Å²) >= 11 is 6.30. The van der Waals surface area contributed by atoms with Crippen LogP contribution < -0.4 is 10.2 Å². The van der Waals surface area contributed by atoms with Crippen molar-refractivity contribution in [2.75, 3.05) is 7.11 Å². The highest BCUT2D eigenvalue weighted by molar-refractivity contribution is 8.26. The molecule has 1 N–H and O–H groups in total. The Bertz CT molecular complexity index is 937. The van der Waals surface area contributed by atoms with Gasteiger partial charge in [0, 0.05) is 11.1 Å². The number of methoxy groups -OCH3 is 1. The summed E-state index contributed by atoms with van der Waals surface area (Å²) < 4.78 is 5.29. The fraction of sp³-hybridized carbons (Fsp3) is 0.0526. The highest BCUT2D eigenvalue weighted by Crippen LogP contribution is 2.31. The first kappa shape index (κ1) is 18.8. The Kier molecular flexibility index (Phi) is 5.68. The number of ether oxygens (including phenoxy) is 1. The van der Waals surface area contributed by atoms with Crippen LogP contribution in [0.5, 0.6) is 5.75 Å². The molecule has 27 heavy (non-hydrogen) atoms. The fourth-order valence-electron chi connectivity index (χ4n) is 2.29. The zero-order valence-corrected chi connectivity index (χ0v) is 15.8. The number of benzene rings is 2. The van der Waals surface area contributed by atoms with Crippen molar-refractivity contribution in [3.8, 4) is 5.75 Å². The molecule has 0 atom stereocenters. The number of hydrogen-bond acceptors (Lipinski definition) is 6. The van der Waals surface area contributed by atoms with Gasteiger partial charge in [-0.1, -0.05) is 36.0 Å². The average Bonchev–Trinajstić information content (AvgIpc) is 2.96. The molecule has 1 saturated heterocycles. The predicted molar refractivity (Wildman–Crippen MR) is 107 cm³/mol. The van der Waals surface area contributed by atoms with E-state index in [0.717, 1.165) is 28.6 Å². The van der Waals surface area contributed by atoms with Gasteiger partial charge in [-0.2, -0.15) is 5.01 Å². The van der Waals surface area contributed by atoms with Crippen molar-refractivity contribution < 1.29 is 19.1 Å². The Balaban J connectivity index is 1.73. The van der Waals surface area contributed by atoms with Crippen LogP contribution in [0.3, 0.4) is 0 Å². The van der Waals surface area contributed by atoms with Crippen LogP contribution in [-0.2, 0) is 4.79 Å². The van der Waals surface area contributed by atoms with Gasteiger partial charge in [-0.05, 0) is 48.1 Å². The number of carbonyl (C=O) groups excluding carboxylic acids is 3. The molecule has 0 saturated carbocycles. The first-order valence-electron chi connectivity index (χ1n) is 7.80. The standard InChI is InChI=1S/C19H14N2O4S2/c1-25-15-8-6-14(7-9-15)17(23)20-21-18(24)16(27-19(21)26)10-12-2-4-13(11-22)5-3-12/h2-11H,1H3,(H,20,23)/b16-10-. The molecule has 1 heterocycles. The van der Waals surface area contributed by atoms with Gasteiger partial charge in [-0.3, -0.25) is 19.8 Å². The van der Waals surface area contributed by atoms with Crippen molar-refractivity contribution in [2.24, 2.45) is 0 Å². The van der Waals surface area contributed by atoms with Crippen LogP contribution in [0, 0.1) is 0 Å². The van der Waals surface area contributed by atoms with Gasteiger partial charge in [-0.25, -0.2) is 0 Å². The average molecular weight is 398 g/mol. The lowest BCUT2D eigenvalue weighted by atomic mass is 10.1. The normalized spacial score (nSPS) is 15.1. The van der Waals surface area contributed by atoms with Gasteiger partial charge in [0.05, 0.1) is 12.0 Å². The van der Waals surface area contributed by atoms with E-state index in [1.54, 1.807) is 54.6 Å². The van der Waals surface area contributed by atoms with E-state index in [1.807, 2.05) is 0 Å². The molecule has 8 heteroatoms. The molecule has 136 valence electrons. The summed E-state index contributed by atoms with van der Waals surface area (Å²) in [5, 5.41) is 1.05. The summed E-state index contributed by atoms with van der Waals surface area (Å²) in [5.74, 6) is -0.238. The molecule has 2 aromatic carbocycles. The maximum absolute atomic E-state index is 12.6. The molecule has 0 bridgehead atoms. The minimum atomic E-state index is -0.453. The van der Waals surface area contributed by atoms with Gasteiger partial charge in [0.2, 0.25) is 0 Å². The molecule has 0 radical (unpaired) electrons.